The molecule has 1 aliphatic rings. The van der Waals surface area contributed by atoms with Crippen LogP contribution in [-0.2, 0) is 16.2 Å². The van der Waals surface area contributed by atoms with Gasteiger partial charge in [-0.1, -0.05) is 30.3 Å². The number of benzene rings is 2. The first kappa shape index (κ1) is 24.0. The smallest absolute Gasteiger partial charge is 0.336 e. The normalized spacial score (nSPS) is 15.5. The van der Waals surface area contributed by atoms with E-state index in [1.165, 1.54) is 11.0 Å². The number of hydrogen-bond donors (Lipinski definition) is 0. The number of amides is 1. The van der Waals surface area contributed by atoms with Crippen molar-refractivity contribution in [1.82, 2.24) is 19.0 Å². The number of nitrogens with zero attached hydrogens (tertiary/aromatic N) is 4. The highest BCUT2D eigenvalue weighted by Crippen LogP contribution is 2.35. The molecular weight excluding hydrogens is 469 g/mol. The molecule has 4 rings (SSSR count). The van der Waals surface area contributed by atoms with Crippen molar-refractivity contribution in [2.45, 2.75) is 24.9 Å². The Morgan fingerprint density at radius 2 is 1.50 bits per heavy atom. The first-order chi connectivity index (χ1) is 16.0. The summed E-state index contributed by atoms with van der Waals surface area (Å²) < 4.78 is 68.7. The van der Waals surface area contributed by atoms with E-state index in [0.717, 1.165) is 28.2 Å². The summed E-state index contributed by atoms with van der Waals surface area (Å²) in [4.78, 5) is 14.0. The maximum Gasteiger partial charge on any atom is 0.417 e. The third-order valence-electron chi connectivity index (χ3n) is 5.84. The van der Waals surface area contributed by atoms with E-state index in [-0.39, 0.29) is 32.1 Å². The summed E-state index contributed by atoms with van der Waals surface area (Å²) in [6.07, 6.45) is -4.80. The van der Waals surface area contributed by atoms with Crippen LogP contribution in [0.5, 0.6) is 0 Å². The van der Waals surface area contributed by atoms with Gasteiger partial charge in [0.2, 0.25) is 10.0 Å². The molecule has 1 saturated heterocycles. The van der Waals surface area contributed by atoms with Crippen molar-refractivity contribution in [3.05, 3.63) is 77.1 Å². The number of carbonyl (C=O) groups is 1. The van der Waals surface area contributed by atoms with Gasteiger partial charge in [-0.15, -0.1) is 0 Å². The summed E-state index contributed by atoms with van der Waals surface area (Å²) in [5.41, 5.74) is 1.24. The number of sulfonamides is 1. The molecule has 1 amide bonds. The van der Waals surface area contributed by atoms with Gasteiger partial charge in [0.25, 0.3) is 5.91 Å². The van der Waals surface area contributed by atoms with Gasteiger partial charge in [-0.25, -0.2) is 13.1 Å². The molecule has 1 aliphatic heterocycles. The van der Waals surface area contributed by atoms with E-state index in [9.17, 15) is 26.4 Å². The van der Waals surface area contributed by atoms with Gasteiger partial charge in [0.15, 0.2) is 0 Å². The lowest BCUT2D eigenvalue weighted by atomic mass is 10.1. The standard InChI is InChI=1S/C23H23F3N4O3S/c1-16-21(17(2)30(27-16)18-8-4-3-5-9-18)22(31)28-12-14-29(15-13-28)34(32,33)20-11-7-6-10-19(20)23(24,25)26/h3-11H,12-15H2,1-2H3. The van der Waals surface area contributed by atoms with Gasteiger partial charge in [0, 0.05) is 26.2 Å². The van der Waals surface area contributed by atoms with Gasteiger partial charge < -0.3 is 4.90 Å². The minimum absolute atomic E-state index is 0.0572. The Kier molecular flexibility index (Phi) is 6.26. The SMILES string of the molecule is Cc1nn(-c2ccccc2)c(C)c1C(=O)N1CCN(S(=O)(=O)c2ccccc2C(F)(F)F)CC1. The summed E-state index contributed by atoms with van der Waals surface area (Å²) >= 11 is 0. The number of hydrogen-bond acceptors (Lipinski definition) is 4. The number of carbonyl (C=O) groups excluding carboxylic acids is 1. The second-order valence-electron chi connectivity index (χ2n) is 7.98. The minimum atomic E-state index is -4.80. The molecule has 0 unspecified atom stereocenters. The van der Waals surface area contributed by atoms with E-state index in [2.05, 4.69) is 5.10 Å². The minimum Gasteiger partial charge on any atom is -0.336 e. The van der Waals surface area contributed by atoms with Gasteiger partial charge in [-0.3, -0.25) is 4.79 Å². The monoisotopic (exact) mass is 492 g/mol. The Labute approximate surface area is 195 Å². The van der Waals surface area contributed by atoms with Gasteiger partial charge in [0.05, 0.1) is 33.1 Å². The zero-order chi connectivity index (χ0) is 24.7. The number of piperazine rings is 1. The van der Waals surface area contributed by atoms with Crippen LogP contribution < -0.4 is 0 Å². The fourth-order valence-corrected chi connectivity index (χ4v) is 5.76. The van der Waals surface area contributed by atoms with Crippen LogP contribution in [0.3, 0.4) is 0 Å². The Hall–Kier alpha value is -3.18. The molecular formula is C23H23F3N4O3S. The summed E-state index contributed by atoms with van der Waals surface area (Å²) in [6.45, 7) is 3.42. The molecule has 11 heteroatoms. The molecule has 2 heterocycles. The molecule has 0 spiro atoms. The Bertz CT molecular complexity index is 1310. The summed E-state index contributed by atoms with van der Waals surface area (Å²) in [6, 6.07) is 13.5. The predicted molar refractivity (Wildman–Crippen MR) is 119 cm³/mol. The fourth-order valence-electron chi connectivity index (χ4n) is 4.13. The topological polar surface area (TPSA) is 75.5 Å². The number of alkyl halides is 3. The average Bonchev–Trinajstić information content (AvgIpc) is 3.12. The molecule has 1 fully saturated rings. The van der Waals surface area contributed by atoms with Crippen molar-refractivity contribution >= 4 is 15.9 Å². The zero-order valence-electron chi connectivity index (χ0n) is 18.6. The van der Waals surface area contributed by atoms with Crippen LogP contribution >= 0.6 is 0 Å². The Morgan fingerprint density at radius 3 is 2.12 bits per heavy atom. The van der Waals surface area contributed by atoms with Crippen LogP contribution in [0.1, 0.15) is 27.3 Å². The van der Waals surface area contributed by atoms with E-state index in [0.29, 0.717) is 17.0 Å². The van der Waals surface area contributed by atoms with Crippen LogP contribution in [0, 0.1) is 13.8 Å². The van der Waals surface area contributed by atoms with E-state index >= 15 is 0 Å². The number of aryl methyl sites for hydroxylation is 1. The average molecular weight is 493 g/mol. The molecule has 0 saturated carbocycles. The number of aromatic nitrogens is 2. The van der Waals surface area contributed by atoms with E-state index in [4.69, 9.17) is 0 Å². The lowest BCUT2D eigenvalue weighted by Crippen LogP contribution is -2.50. The highest BCUT2D eigenvalue weighted by molar-refractivity contribution is 7.89. The van der Waals surface area contributed by atoms with Crippen LogP contribution in [0.4, 0.5) is 13.2 Å². The highest BCUT2D eigenvalue weighted by Gasteiger charge is 2.40. The molecule has 180 valence electrons. The van der Waals surface area contributed by atoms with Gasteiger partial charge in [-0.2, -0.15) is 22.6 Å². The summed E-state index contributed by atoms with van der Waals surface area (Å²) in [5.74, 6) is -0.287. The van der Waals surface area contributed by atoms with Crippen LogP contribution in [0.25, 0.3) is 5.69 Å². The van der Waals surface area contributed by atoms with E-state index in [1.54, 1.807) is 18.5 Å². The molecule has 1 aromatic heterocycles. The fraction of sp³-hybridized carbons (Fsp3) is 0.304. The maximum absolute atomic E-state index is 13.4. The molecule has 0 atom stereocenters. The van der Waals surface area contributed by atoms with Crippen LogP contribution in [0.2, 0.25) is 0 Å². The molecule has 0 N–H and O–H groups in total. The van der Waals surface area contributed by atoms with Crippen molar-refractivity contribution in [2.75, 3.05) is 26.2 Å². The zero-order valence-corrected chi connectivity index (χ0v) is 19.4. The van der Waals surface area contributed by atoms with E-state index in [1.807, 2.05) is 30.3 Å². The van der Waals surface area contributed by atoms with Gasteiger partial charge in [-0.05, 0) is 38.1 Å². The summed E-state index contributed by atoms with van der Waals surface area (Å²) in [7, 11) is -4.38. The molecule has 7 nitrogen and oxygen atoms in total. The molecule has 0 aliphatic carbocycles. The second kappa shape index (κ2) is 8.88. The summed E-state index contributed by atoms with van der Waals surface area (Å²) in [5, 5.41) is 4.48. The van der Waals surface area contributed by atoms with Gasteiger partial charge >= 0.3 is 6.18 Å². The third kappa shape index (κ3) is 4.32. The lowest BCUT2D eigenvalue weighted by molar-refractivity contribution is -0.139. The number of halogens is 3. The molecule has 0 bridgehead atoms. The van der Waals surface area contributed by atoms with Crippen LogP contribution in [-0.4, -0.2) is 59.5 Å². The van der Waals surface area contributed by atoms with Crippen molar-refractivity contribution in [2.24, 2.45) is 0 Å². The maximum atomic E-state index is 13.4. The first-order valence-electron chi connectivity index (χ1n) is 10.6. The van der Waals surface area contributed by atoms with Crippen molar-refractivity contribution in [1.29, 1.82) is 0 Å². The molecule has 34 heavy (non-hydrogen) atoms. The number of rotatable bonds is 4. The molecule has 3 aromatic rings. The largest absolute Gasteiger partial charge is 0.417 e. The van der Waals surface area contributed by atoms with Gasteiger partial charge in [0.1, 0.15) is 0 Å². The van der Waals surface area contributed by atoms with Crippen LogP contribution in [0.15, 0.2) is 59.5 Å². The Balaban J connectivity index is 1.53. The molecule has 0 radical (unpaired) electrons. The van der Waals surface area contributed by atoms with Crippen molar-refractivity contribution in [3.8, 4) is 5.69 Å². The van der Waals surface area contributed by atoms with Crippen molar-refractivity contribution in [3.63, 3.8) is 0 Å². The quantitative estimate of drug-likeness (QED) is 0.557. The first-order valence-corrected chi connectivity index (χ1v) is 12.0. The number of para-hydroxylation sites is 1. The highest BCUT2D eigenvalue weighted by atomic mass is 32.2. The third-order valence-corrected chi connectivity index (χ3v) is 7.80. The second-order valence-corrected chi connectivity index (χ2v) is 9.89. The Morgan fingerprint density at radius 1 is 0.912 bits per heavy atom. The lowest BCUT2D eigenvalue weighted by Gasteiger charge is -2.34. The van der Waals surface area contributed by atoms with Crippen molar-refractivity contribution < 1.29 is 26.4 Å². The van der Waals surface area contributed by atoms with E-state index < -0.39 is 26.7 Å². The molecule has 2 aromatic carbocycles. The predicted octanol–water partition coefficient (Wildman–Crippen LogP) is 3.65.